The molecule has 3 unspecified atom stereocenters. The number of nitrogens with one attached hydrogen (secondary N) is 1. The summed E-state index contributed by atoms with van der Waals surface area (Å²) < 4.78 is 0. The van der Waals surface area contributed by atoms with Gasteiger partial charge in [-0.15, -0.1) is 0 Å². The van der Waals surface area contributed by atoms with Crippen LogP contribution in [0.3, 0.4) is 0 Å². The molecule has 1 fully saturated rings. The van der Waals surface area contributed by atoms with Crippen LogP contribution in [0.2, 0.25) is 0 Å². The summed E-state index contributed by atoms with van der Waals surface area (Å²) in [4.78, 5) is 14.7. The fourth-order valence-electron chi connectivity index (χ4n) is 3.96. The third-order valence-corrected chi connectivity index (χ3v) is 5.48. The first-order chi connectivity index (χ1) is 11.2. The van der Waals surface area contributed by atoms with Gasteiger partial charge in [-0.1, -0.05) is 31.2 Å². The number of aliphatic hydroxyl groups is 1. The van der Waals surface area contributed by atoms with Crippen molar-refractivity contribution in [1.29, 1.82) is 0 Å². The molecule has 23 heavy (non-hydrogen) atoms. The number of benzene rings is 1. The fourth-order valence-corrected chi connectivity index (χ4v) is 3.96. The van der Waals surface area contributed by atoms with Crippen LogP contribution in [0.4, 0.5) is 0 Å². The van der Waals surface area contributed by atoms with Crippen LogP contribution in [0.1, 0.15) is 43.7 Å². The molecule has 3 rings (SSSR count). The van der Waals surface area contributed by atoms with E-state index in [4.69, 9.17) is 0 Å². The van der Waals surface area contributed by atoms with Gasteiger partial charge >= 0.3 is 0 Å². The van der Waals surface area contributed by atoms with Gasteiger partial charge < -0.3 is 10.4 Å². The van der Waals surface area contributed by atoms with Gasteiger partial charge in [-0.2, -0.15) is 0 Å². The molecule has 1 heterocycles. The Kier molecular flexibility index (Phi) is 5.34. The van der Waals surface area contributed by atoms with E-state index in [1.165, 1.54) is 11.1 Å². The first-order valence-electron chi connectivity index (χ1n) is 8.95. The molecule has 4 heteroatoms. The van der Waals surface area contributed by atoms with E-state index >= 15 is 0 Å². The number of fused-ring (bicyclic) bond motifs is 1. The van der Waals surface area contributed by atoms with E-state index in [9.17, 15) is 9.90 Å². The largest absolute Gasteiger partial charge is 0.392 e. The summed E-state index contributed by atoms with van der Waals surface area (Å²) in [7, 11) is 0. The summed E-state index contributed by atoms with van der Waals surface area (Å²) in [5.41, 5.74) is 2.87. The summed E-state index contributed by atoms with van der Waals surface area (Å²) in [6.07, 6.45) is 4.20. The molecule has 1 saturated carbocycles. The average Bonchev–Trinajstić information content (AvgIpc) is 3.01. The molecule has 1 amide bonds. The lowest BCUT2D eigenvalue weighted by Crippen LogP contribution is -2.47. The van der Waals surface area contributed by atoms with Crippen LogP contribution in [-0.4, -0.2) is 41.1 Å². The maximum absolute atomic E-state index is 12.3. The van der Waals surface area contributed by atoms with Crippen molar-refractivity contribution in [2.24, 2.45) is 5.92 Å². The number of nitrogens with zero attached hydrogens (tertiary/aromatic N) is 1. The first-order valence-corrected chi connectivity index (χ1v) is 8.95. The zero-order chi connectivity index (χ0) is 16.2. The maximum Gasteiger partial charge on any atom is 0.225 e. The molecule has 1 aromatic rings. The molecule has 0 saturated heterocycles. The summed E-state index contributed by atoms with van der Waals surface area (Å²) in [5.74, 6) is -0.166. The highest BCUT2D eigenvalue weighted by molar-refractivity contribution is 5.79. The molecule has 4 nitrogen and oxygen atoms in total. The highest BCUT2D eigenvalue weighted by Gasteiger charge is 2.32. The lowest BCUT2D eigenvalue weighted by molar-refractivity contribution is -0.127. The van der Waals surface area contributed by atoms with Crippen molar-refractivity contribution in [3.8, 4) is 0 Å². The minimum absolute atomic E-state index is 0.0332. The predicted molar refractivity (Wildman–Crippen MR) is 91.0 cm³/mol. The van der Waals surface area contributed by atoms with Crippen LogP contribution in [0.5, 0.6) is 0 Å². The standard InChI is InChI=1S/C19H28N2O2/c1-2-16(12-20-19(23)17-8-5-9-18(17)22)21-11-10-14-6-3-4-7-15(14)13-21/h3-4,6-7,16-18,22H,2,5,8-13H2,1H3,(H,20,23). The number of carbonyl (C=O) groups is 1. The van der Waals surface area contributed by atoms with Gasteiger partial charge in [0.15, 0.2) is 0 Å². The maximum atomic E-state index is 12.3. The third-order valence-electron chi connectivity index (χ3n) is 5.48. The molecular weight excluding hydrogens is 288 g/mol. The van der Waals surface area contributed by atoms with E-state index in [1.54, 1.807) is 0 Å². The van der Waals surface area contributed by atoms with E-state index < -0.39 is 6.10 Å². The number of carbonyl (C=O) groups excluding carboxylic acids is 1. The Morgan fingerprint density at radius 3 is 2.83 bits per heavy atom. The summed E-state index contributed by atoms with van der Waals surface area (Å²) in [6.45, 7) is 4.89. The molecule has 0 radical (unpaired) electrons. The summed E-state index contributed by atoms with van der Waals surface area (Å²) in [6, 6.07) is 9.01. The third kappa shape index (κ3) is 3.75. The van der Waals surface area contributed by atoms with Crippen LogP contribution >= 0.6 is 0 Å². The minimum atomic E-state index is -0.447. The van der Waals surface area contributed by atoms with Crippen LogP contribution in [0.15, 0.2) is 24.3 Å². The van der Waals surface area contributed by atoms with Gasteiger partial charge in [-0.05, 0) is 43.2 Å². The van der Waals surface area contributed by atoms with Crippen molar-refractivity contribution in [1.82, 2.24) is 10.2 Å². The Morgan fingerprint density at radius 2 is 2.13 bits per heavy atom. The van der Waals surface area contributed by atoms with Crippen molar-refractivity contribution in [3.63, 3.8) is 0 Å². The number of amides is 1. The summed E-state index contributed by atoms with van der Waals surface area (Å²) in [5, 5.41) is 13.0. The van der Waals surface area contributed by atoms with Crippen molar-refractivity contribution < 1.29 is 9.90 Å². The molecular formula is C19H28N2O2. The van der Waals surface area contributed by atoms with Gasteiger partial charge in [-0.3, -0.25) is 9.69 Å². The predicted octanol–water partition coefficient (Wildman–Crippen LogP) is 2.10. The molecule has 0 aromatic heterocycles. The van der Waals surface area contributed by atoms with Crippen LogP contribution in [0, 0.1) is 5.92 Å². The van der Waals surface area contributed by atoms with Crippen molar-refractivity contribution in [2.75, 3.05) is 13.1 Å². The molecule has 0 bridgehead atoms. The molecule has 126 valence electrons. The molecule has 1 aliphatic carbocycles. The smallest absolute Gasteiger partial charge is 0.225 e. The van der Waals surface area contributed by atoms with Gasteiger partial charge in [0.25, 0.3) is 0 Å². The monoisotopic (exact) mass is 316 g/mol. The molecule has 3 atom stereocenters. The second-order valence-corrected chi connectivity index (χ2v) is 6.90. The Morgan fingerprint density at radius 1 is 1.35 bits per heavy atom. The van der Waals surface area contributed by atoms with Gasteiger partial charge in [0, 0.05) is 25.7 Å². The minimum Gasteiger partial charge on any atom is -0.392 e. The number of rotatable bonds is 5. The van der Waals surface area contributed by atoms with Gasteiger partial charge in [0.2, 0.25) is 5.91 Å². The molecule has 2 aliphatic rings. The molecule has 0 spiro atoms. The molecule has 2 N–H and O–H groups in total. The molecule has 1 aliphatic heterocycles. The summed E-state index contributed by atoms with van der Waals surface area (Å²) >= 11 is 0. The van der Waals surface area contributed by atoms with E-state index in [2.05, 4.69) is 41.4 Å². The number of hydrogen-bond donors (Lipinski definition) is 2. The van der Waals surface area contributed by atoms with Crippen molar-refractivity contribution in [3.05, 3.63) is 35.4 Å². The topological polar surface area (TPSA) is 52.6 Å². The van der Waals surface area contributed by atoms with Crippen LogP contribution < -0.4 is 5.32 Å². The van der Waals surface area contributed by atoms with E-state index in [-0.39, 0.29) is 11.8 Å². The highest BCUT2D eigenvalue weighted by Crippen LogP contribution is 2.26. The number of aliphatic hydroxyl groups excluding tert-OH is 1. The lowest BCUT2D eigenvalue weighted by Gasteiger charge is -2.35. The lowest BCUT2D eigenvalue weighted by atomic mass is 9.98. The second-order valence-electron chi connectivity index (χ2n) is 6.90. The van der Waals surface area contributed by atoms with Crippen LogP contribution in [0.25, 0.3) is 0 Å². The zero-order valence-corrected chi connectivity index (χ0v) is 14.0. The van der Waals surface area contributed by atoms with E-state index in [1.807, 2.05) is 0 Å². The van der Waals surface area contributed by atoms with E-state index in [0.29, 0.717) is 12.6 Å². The normalized spacial score (nSPS) is 25.8. The Balaban J connectivity index is 1.55. The van der Waals surface area contributed by atoms with Crippen molar-refractivity contribution >= 4 is 5.91 Å². The SMILES string of the molecule is CCC(CNC(=O)C1CCCC1O)N1CCc2ccccc2C1. The highest BCUT2D eigenvalue weighted by atomic mass is 16.3. The van der Waals surface area contributed by atoms with Gasteiger partial charge in [0.1, 0.15) is 0 Å². The molecule has 1 aromatic carbocycles. The Hall–Kier alpha value is -1.39. The van der Waals surface area contributed by atoms with Gasteiger partial charge in [0.05, 0.1) is 12.0 Å². The first kappa shape index (κ1) is 16.5. The number of hydrogen-bond acceptors (Lipinski definition) is 3. The zero-order valence-electron chi connectivity index (χ0n) is 14.0. The second kappa shape index (κ2) is 7.45. The fraction of sp³-hybridized carbons (Fsp3) is 0.632. The van der Waals surface area contributed by atoms with E-state index in [0.717, 1.165) is 45.2 Å². The Labute approximate surface area is 138 Å². The average molecular weight is 316 g/mol. The van der Waals surface area contributed by atoms with Crippen LogP contribution in [-0.2, 0) is 17.8 Å². The van der Waals surface area contributed by atoms with Gasteiger partial charge in [-0.25, -0.2) is 0 Å². The quantitative estimate of drug-likeness (QED) is 0.875. The van der Waals surface area contributed by atoms with Crippen molar-refractivity contribution in [2.45, 2.75) is 57.7 Å². The Bertz CT molecular complexity index is 546.